The predicted octanol–water partition coefficient (Wildman–Crippen LogP) is 2.64. The van der Waals surface area contributed by atoms with Gasteiger partial charge in [-0.1, -0.05) is 24.3 Å². The highest BCUT2D eigenvalue weighted by molar-refractivity contribution is 5.96. The first-order chi connectivity index (χ1) is 12.7. The van der Waals surface area contributed by atoms with Crippen LogP contribution in [0.1, 0.15) is 18.4 Å². The number of benzene rings is 1. The van der Waals surface area contributed by atoms with Crippen molar-refractivity contribution in [2.75, 3.05) is 11.9 Å². The van der Waals surface area contributed by atoms with Crippen molar-refractivity contribution in [3.05, 3.63) is 48.2 Å². The van der Waals surface area contributed by atoms with Gasteiger partial charge in [-0.15, -0.1) is 0 Å². The molecule has 0 radical (unpaired) electrons. The SMILES string of the molecule is CNC(=O)Cc1ccc(-c2cc(N(C=O)C3CC3)nc3[nH]ccc23)cc1. The molecule has 0 saturated heterocycles. The van der Waals surface area contributed by atoms with E-state index in [4.69, 9.17) is 0 Å². The van der Waals surface area contributed by atoms with Crippen LogP contribution in [0.15, 0.2) is 42.6 Å². The molecule has 26 heavy (non-hydrogen) atoms. The van der Waals surface area contributed by atoms with E-state index in [1.165, 1.54) is 0 Å². The molecule has 6 nitrogen and oxygen atoms in total. The number of hydrogen-bond donors (Lipinski definition) is 2. The number of hydrogen-bond acceptors (Lipinski definition) is 3. The number of pyridine rings is 1. The highest BCUT2D eigenvalue weighted by atomic mass is 16.1. The Morgan fingerprint density at radius 1 is 1.31 bits per heavy atom. The number of H-pyrrole nitrogens is 1. The van der Waals surface area contributed by atoms with Gasteiger partial charge in [-0.25, -0.2) is 4.98 Å². The van der Waals surface area contributed by atoms with Gasteiger partial charge in [-0.2, -0.15) is 0 Å². The summed E-state index contributed by atoms with van der Waals surface area (Å²) in [6.45, 7) is 0. The Morgan fingerprint density at radius 2 is 2.08 bits per heavy atom. The maximum atomic E-state index is 11.5. The molecule has 0 bridgehead atoms. The number of likely N-dealkylation sites (N-methyl/N-ethyl adjacent to an activating group) is 1. The average Bonchev–Trinajstić information content (AvgIpc) is 3.38. The number of aromatic nitrogens is 2. The van der Waals surface area contributed by atoms with Gasteiger partial charge >= 0.3 is 0 Å². The van der Waals surface area contributed by atoms with Gasteiger partial charge in [0.25, 0.3) is 0 Å². The molecule has 1 saturated carbocycles. The molecule has 2 aromatic heterocycles. The predicted molar refractivity (Wildman–Crippen MR) is 101 cm³/mol. The summed E-state index contributed by atoms with van der Waals surface area (Å²) in [4.78, 5) is 32.5. The van der Waals surface area contributed by atoms with E-state index in [1.807, 2.05) is 42.6 Å². The lowest BCUT2D eigenvalue weighted by molar-refractivity contribution is -0.120. The summed E-state index contributed by atoms with van der Waals surface area (Å²) in [7, 11) is 1.64. The average molecular weight is 348 g/mol. The zero-order valence-corrected chi connectivity index (χ0v) is 14.5. The molecule has 4 rings (SSSR count). The zero-order valence-electron chi connectivity index (χ0n) is 14.5. The number of carbonyl (C=O) groups excluding carboxylic acids is 2. The molecule has 2 heterocycles. The highest BCUT2D eigenvalue weighted by Crippen LogP contribution is 2.35. The Kier molecular flexibility index (Phi) is 4.16. The van der Waals surface area contributed by atoms with Crippen LogP contribution in [-0.4, -0.2) is 35.4 Å². The number of amides is 2. The second-order valence-electron chi connectivity index (χ2n) is 6.56. The summed E-state index contributed by atoms with van der Waals surface area (Å²) in [6, 6.07) is 12.1. The van der Waals surface area contributed by atoms with Gasteiger partial charge in [-0.05, 0) is 41.7 Å². The normalized spacial score (nSPS) is 13.6. The molecule has 1 aliphatic rings. The van der Waals surface area contributed by atoms with Gasteiger partial charge in [-0.3, -0.25) is 14.5 Å². The monoisotopic (exact) mass is 348 g/mol. The first kappa shape index (κ1) is 16.3. The Hall–Kier alpha value is -3.15. The van der Waals surface area contributed by atoms with E-state index >= 15 is 0 Å². The van der Waals surface area contributed by atoms with Gasteiger partial charge in [0.2, 0.25) is 12.3 Å². The standard InChI is InChI=1S/C20H20N4O2/c1-21-19(26)10-13-2-4-14(5-3-13)17-11-18(24(12-25)15-6-7-15)23-20-16(17)8-9-22-20/h2-5,8-9,11-12,15H,6-7,10H2,1H3,(H,21,26)(H,22,23). The van der Waals surface area contributed by atoms with E-state index < -0.39 is 0 Å². The molecule has 0 aliphatic heterocycles. The summed E-state index contributed by atoms with van der Waals surface area (Å²) in [5.41, 5.74) is 3.77. The van der Waals surface area contributed by atoms with Crippen molar-refractivity contribution in [3.63, 3.8) is 0 Å². The second kappa shape index (κ2) is 6.63. The number of nitrogens with zero attached hydrogens (tertiary/aromatic N) is 2. The van der Waals surface area contributed by atoms with Crippen molar-refractivity contribution in [3.8, 4) is 11.1 Å². The number of anilines is 1. The van der Waals surface area contributed by atoms with Gasteiger partial charge in [0.05, 0.1) is 6.42 Å². The Bertz CT molecular complexity index is 958. The molecule has 1 aliphatic carbocycles. The fourth-order valence-electron chi connectivity index (χ4n) is 3.15. The van der Waals surface area contributed by atoms with E-state index in [2.05, 4.69) is 15.3 Å². The lowest BCUT2D eigenvalue weighted by Gasteiger charge is -2.17. The minimum atomic E-state index is -0.0111. The van der Waals surface area contributed by atoms with Crippen LogP contribution in [0.5, 0.6) is 0 Å². The number of carbonyl (C=O) groups is 2. The van der Waals surface area contributed by atoms with Crippen molar-refractivity contribution in [1.82, 2.24) is 15.3 Å². The molecule has 6 heteroatoms. The second-order valence-corrected chi connectivity index (χ2v) is 6.56. The molecule has 0 atom stereocenters. The fraction of sp³-hybridized carbons (Fsp3) is 0.250. The molecule has 0 unspecified atom stereocenters. The van der Waals surface area contributed by atoms with E-state index in [9.17, 15) is 9.59 Å². The van der Waals surface area contributed by atoms with E-state index in [0.717, 1.165) is 47.0 Å². The molecule has 2 amide bonds. The number of rotatable bonds is 6. The summed E-state index contributed by atoms with van der Waals surface area (Å²) in [5.74, 6) is 0.657. The number of nitrogens with one attached hydrogen (secondary N) is 2. The molecular weight excluding hydrogens is 328 g/mol. The van der Waals surface area contributed by atoms with Crippen molar-refractivity contribution >= 4 is 29.2 Å². The van der Waals surface area contributed by atoms with Gasteiger partial charge in [0, 0.05) is 24.7 Å². The summed E-state index contributed by atoms with van der Waals surface area (Å²) in [6.07, 6.45) is 5.12. The van der Waals surface area contributed by atoms with Crippen molar-refractivity contribution in [1.29, 1.82) is 0 Å². The Balaban J connectivity index is 1.74. The topological polar surface area (TPSA) is 78.1 Å². The minimum Gasteiger partial charge on any atom is -0.359 e. The van der Waals surface area contributed by atoms with E-state index in [0.29, 0.717) is 12.2 Å². The molecule has 0 spiro atoms. The Labute approximate surface area is 151 Å². The minimum absolute atomic E-state index is 0.0111. The smallest absolute Gasteiger partial charge is 0.224 e. The summed E-state index contributed by atoms with van der Waals surface area (Å²) >= 11 is 0. The highest BCUT2D eigenvalue weighted by Gasteiger charge is 2.30. The summed E-state index contributed by atoms with van der Waals surface area (Å²) < 4.78 is 0. The Morgan fingerprint density at radius 3 is 2.73 bits per heavy atom. The van der Waals surface area contributed by atoms with Crippen LogP contribution in [-0.2, 0) is 16.0 Å². The van der Waals surface area contributed by atoms with Gasteiger partial charge in [0.1, 0.15) is 11.5 Å². The van der Waals surface area contributed by atoms with Crippen LogP contribution in [0.4, 0.5) is 5.82 Å². The zero-order chi connectivity index (χ0) is 18.1. The maximum absolute atomic E-state index is 11.5. The molecule has 132 valence electrons. The first-order valence-corrected chi connectivity index (χ1v) is 8.71. The number of fused-ring (bicyclic) bond motifs is 1. The number of aromatic amines is 1. The quantitative estimate of drug-likeness (QED) is 0.672. The maximum Gasteiger partial charge on any atom is 0.224 e. The van der Waals surface area contributed by atoms with Crippen LogP contribution >= 0.6 is 0 Å². The van der Waals surface area contributed by atoms with Gasteiger partial charge in [0.15, 0.2) is 0 Å². The van der Waals surface area contributed by atoms with Crippen LogP contribution in [0.3, 0.4) is 0 Å². The third-order valence-electron chi connectivity index (χ3n) is 4.74. The molecule has 1 aromatic carbocycles. The molecule has 1 fully saturated rings. The van der Waals surface area contributed by atoms with E-state index in [1.54, 1.807) is 11.9 Å². The lowest BCUT2D eigenvalue weighted by atomic mass is 10.0. The van der Waals surface area contributed by atoms with Crippen LogP contribution < -0.4 is 10.2 Å². The third kappa shape index (κ3) is 3.06. The molecular formula is C20H20N4O2. The third-order valence-corrected chi connectivity index (χ3v) is 4.74. The van der Waals surface area contributed by atoms with Crippen molar-refractivity contribution in [2.45, 2.75) is 25.3 Å². The van der Waals surface area contributed by atoms with Crippen molar-refractivity contribution < 1.29 is 9.59 Å². The van der Waals surface area contributed by atoms with Crippen LogP contribution in [0.2, 0.25) is 0 Å². The van der Waals surface area contributed by atoms with Crippen molar-refractivity contribution in [2.24, 2.45) is 0 Å². The molecule has 3 aromatic rings. The first-order valence-electron chi connectivity index (χ1n) is 8.71. The van der Waals surface area contributed by atoms with Gasteiger partial charge < -0.3 is 10.3 Å². The van der Waals surface area contributed by atoms with Crippen LogP contribution in [0, 0.1) is 0 Å². The van der Waals surface area contributed by atoms with Crippen LogP contribution in [0.25, 0.3) is 22.2 Å². The van der Waals surface area contributed by atoms with E-state index in [-0.39, 0.29) is 11.9 Å². The lowest BCUT2D eigenvalue weighted by Crippen LogP contribution is -2.24. The summed E-state index contributed by atoms with van der Waals surface area (Å²) in [5, 5.41) is 3.64. The molecule has 2 N–H and O–H groups in total. The largest absolute Gasteiger partial charge is 0.359 e. The fourth-order valence-corrected chi connectivity index (χ4v) is 3.15.